The zero-order valence-corrected chi connectivity index (χ0v) is 16.6. The van der Waals surface area contributed by atoms with Crippen LogP contribution in [-0.4, -0.2) is 25.7 Å². The topological polar surface area (TPSA) is 124 Å². The summed E-state index contributed by atoms with van der Waals surface area (Å²) in [7, 11) is -1.63. The van der Waals surface area contributed by atoms with Crippen molar-refractivity contribution in [1.82, 2.24) is 14.3 Å². The third-order valence-corrected chi connectivity index (χ3v) is 6.37. The van der Waals surface area contributed by atoms with Crippen LogP contribution in [0.5, 0.6) is 0 Å². The number of nitrogens with one attached hydrogen (secondary N) is 3. The maximum Gasteiger partial charge on any atom is 0.272 e. The second kappa shape index (κ2) is 7.33. The SMILES string of the molecule is CC(C)[C@H]1CCc2c(cn(C)c2C(=O)Nc2cc(F)nc(C#N)c2)S(=N)(=O)N1. The number of halogens is 1. The molecule has 0 bridgehead atoms. The van der Waals surface area contributed by atoms with Gasteiger partial charge in [0.05, 0.1) is 4.90 Å². The molecule has 0 saturated heterocycles. The van der Waals surface area contributed by atoms with Crippen LogP contribution >= 0.6 is 0 Å². The van der Waals surface area contributed by atoms with Crippen LogP contribution < -0.4 is 10.0 Å². The number of fused-ring (bicyclic) bond motifs is 1. The second-order valence-corrected chi connectivity index (χ2v) is 8.91. The Bertz CT molecular complexity index is 1080. The van der Waals surface area contributed by atoms with E-state index in [4.69, 9.17) is 10.0 Å². The molecule has 28 heavy (non-hydrogen) atoms. The first-order chi connectivity index (χ1) is 13.1. The van der Waals surface area contributed by atoms with E-state index < -0.39 is 21.8 Å². The molecule has 0 saturated carbocycles. The molecule has 1 aliphatic rings. The van der Waals surface area contributed by atoms with E-state index in [1.54, 1.807) is 13.1 Å². The number of nitriles is 1. The summed E-state index contributed by atoms with van der Waals surface area (Å²) in [5.74, 6) is -1.22. The smallest absolute Gasteiger partial charge is 0.272 e. The largest absolute Gasteiger partial charge is 0.345 e. The summed E-state index contributed by atoms with van der Waals surface area (Å²) in [6, 6.07) is 3.92. The van der Waals surface area contributed by atoms with Crippen LogP contribution in [0.2, 0.25) is 0 Å². The molecule has 0 radical (unpaired) electrons. The highest BCUT2D eigenvalue weighted by molar-refractivity contribution is 7.90. The molecule has 0 fully saturated rings. The molecule has 3 rings (SSSR count). The number of rotatable bonds is 3. The van der Waals surface area contributed by atoms with E-state index in [9.17, 15) is 13.4 Å². The average molecular weight is 404 g/mol. The number of carbonyl (C=O) groups is 1. The second-order valence-electron chi connectivity index (χ2n) is 7.12. The minimum atomic E-state index is -3.26. The lowest BCUT2D eigenvalue weighted by Crippen LogP contribution is -2.36. The zero-order chi connectivity index (χ0) is 20.6. The van der Waals surface area contributed by atoms with Crippen molar-refractivity contribution >= 4 is 21.5 Å². The van der Waals surface area contributed by atoms with E-state index in [1.165, 1.54) is 16.8 Å². The molecule has 8 nitrogen and oxygen atoms in total. The molecule has 2 aromatic rings. The first-order valence-corrected chi connectivity index (χ1v) is 10.3. The van der Waals surface area contributed by atoms with Gasteiger partial charge in [-0.15, -0.1) is 0 Å². The number of nitrogens with zero attached hydrogens (tertiary/aromatic N) is 3. The first kappa shape index (κ1) is 20.0. The third kappa shape index (κ3) is 3.76. The Morgan fingerprint density at radius 1 is 1.54 bits per heavy atom. The summed E-state index contributed by atoms with van der Waals surface area (Å²) < 4.78 is 39.2. The minimum absolute atomic E-state index is 0.0995. The maximum absolute atomic E-state index is 13.5. The van der Waals surface area contributed by atoms with Crippen LogP contribution in [0, 0.1) is 28.0 Å². The van der Waals surface area contributed by atoms with Gasteiger partial charge in [0, 0.05) is 36.6 Å². The molecule has 3 heterocycles. The highest BCUT2D eigenvalue weighted by Gasteiger charge is 2.31. The van der Waals surface area contributed by atoms with Crippen molar-refractivity contribution in [1.29, 1.82) is 10.0 Å². The Balaban J connectivity index is 1.99. The Hall–Kier alpha value is -2.77. The Labute approximate surface area is 162 Å². The average Bonchev–Trinajstić information content (AvgIpc) is 2.88. The van der Waals surface area contributed by atoms with Crippen molar-refractivity contribution in [3.8, 4) is 6.07 Å². The van der Waals surface area contributed by atoms with Gasteiger partial charge >= 0.3 is 0 Å². The first-order valence-electron chi connectivity index (χ1n) is 8.75. The Morgan fingerprint density at radius 2 is 2.25 bits per heavy atom. The number of hydrogen-bond acceptors (Lipinski definition) is 5. The van der Waals surface area contributed by atoms with E-state index in [0.29, 0.717) is 23.3 Å². The van der Waals surface area contributed by atoms with Crippen LogP contribution in [0.1, 0.15) is 42.0 Å². The van der Waals surface area contributed by atoms with E-state index in [1.807, 2.05) is 13.8 Å². The number of hydrogen-bond donors (Lipinski definition) is 3. The predicted octanol–water partition coefficient (Wildman–Crippen LogP) is 2.56. The molecule has 0 spiro atoms. The third-order valence-electron chi connectivity index (χ3n) is 4.77. The van der Waals surface area contributed by atoms with Crippen LogP contribution in [0.3, 0.4) is 0 Å². The number of pyridine rings is 1. The monoisotopic (exact) mass is 404 g/mol. The van der Waals surface area contributed by atoms with Gasteiger partial charge in [-0.2, -0.15) is 9.65 Å². The molecule has 0 aromatic carbocycles. The van der Waals surface area contributed by atoms with Gasteiger partial charge in [0.15, 0.2) is 0 Å². The van der Waals surface area contributed by atoms with Crippen molar-refractivity contribution in [2.24, 2.45) is 13.0 Å². The lowest BCUT2D eigenvalue weighted by molar-refractivity contribution is 0.101. The lowest BCUT2D eigenvalue weighted by Gasteiger charge is -2.20. The molecule has 1 unspecified atom stereocenters. The van der Waals surface area contributed by atoms with Gasteiger partial charge < -0.3 is 9.88 Å². The standard InChI is InChI=1S/C18H21FN6O2S/c1-10(2)14-5-4-13-15(28(21,27)24-14)9-25(3)17(13)18(26)23-11-6-12(8-20)22-16(19)7-11/h6-7,9-10,14H,4-5H2,1-3H3,(H2,21,24,27)(H,22,23,26)/t14-,28?/m1/s1. The van der Waals surface area contributed by atoms with Gasteiger partial charge in [-0.05, 0) is 24.8 Å². The maximum atomic E-state index is 13.5. The number of carbonyl (C=O) groups excluding carboxylic acids is 1. The molecule has 10 heteroatoms. The summed E-state index contributed by atoms with van der Waals surface area (Å²) in [5, 5.41) is 11.5. The van der Waals surface area contributed by atoms with Crippen molar-refractivity contribution in [3.63, 3.8) is 0 Å². The van der Waals surface area contributed by atoms with E-state index in [2.05, 4.69) is 15.0 Å². The summed E-state index contributed by atoms with van der Waals surface area (Å²) in [6.07, 6.45) is 2.65. The van der Waals surface area contributed by atoms with Gasteiger partial charge in [0.1, 0.15) is 27.4 Å². The fourth-order valence-corrected chi connectivity index (χ4v) is 5.15. The van der Waals surface area contributed by atoms with Crippen LogP contribution in [-0.2, 0) is 23.4 Å². The Morgan fingerprint density at radius 3 is 2.89 bits per heavy atom. The van der Waals surface area contributed by atoms with E-state index in [-0.39, 0.29) is 29.0 Å². The van der Waals surface area contributed by atoms with Crippen molar-refractivity contribution in [2.75, 3.05) is 5.32 Å². The van der Waals surface area contributed by atoms with Gasteiger partial charge in [-0.1, -0.05) is 13.8 Å². The number of aromatic nitrogens is 2. The number of amides is 1. The molecular formula is C18H21FN6O2S. The fraction of sp³-hybridized carbons (Fsp3) is 0.389. The summed E-state index contributed by atoms with van der Waals surface area (Å²) in [6.45, 7) is 3.98. The molecule has 3 N–H and O–H groups in total. The molecule has 1 aliphatic heterocycles. The highest BCUT2D eigenvalue weighted by atomic mass is 32.2. The van der Waals surface area contributed by atoms with Crippen molar-refractivity contribution in [3.05, 3.63) is 41.2 Å². The Kier molecular flexibility index (Phi) is 5.23. The fourth-order valence-electron chi connectivity index (χ4n) is 3.36. The summed E-state index contributed by atoms with van der Waals surface area (Å²) in [5.41, 5.74) is 0.754. The van der Waals surface area contributed by atoms with Crippen LogP contribution in [0.4, 0.5) is 10.1 Å². The summed E-state index contributed by atoms with van der Waals surface area (Å²) >= 11 is 0. The number of aryl methyl sites for hydroxylation is 1. The lowest BCUT2D eigenvalue weighted by atomic mass is 9.97. The highest BCUT2D eigenvalue weighted by Crippen LogP contribution is 2.29. The minimum Gasteiger partial charge on any atom is -0.345 e. The van der Waals surface area contributed by atoms with Gasteiger partial charge in [-0.25, -0.2) is 18.7 Å². The molecule has 0 aliphatic carbocycles. The van der Waals surface area contributed by atoms with E-state index in [0.717, 1.165) is 6.07 Å². The van der Waals surface area contributed by atoms with Crippen molar-refractivity contribution < 1.29 is 13.4 Å². The number of anilines is 1. The van der Waals surface area contributed by atoms with Crippen LogP contribution in [0.25, 0.3) is 0 Å². The quantitative estimate of drug-likeness (QED) is 0.680. The van der Waals surface area contributed by atoms with E-state index >= 15 is 0 Å². The van der Waals surface area contributed by atoms with Crippen molar-refractivity contribution in [2.45, 2.75) is 37.6 Å². The van der Waals surface area contributed by atoms with Gasteiger partial charge in [0.2, 0.25) is 5.95 Å². The van der Waals surface area contributed by atoms with Gasteiger partial charge in [-0.3, -0.25) is 4.79 Å². The molecular weight excluding hydrogens is 383 g/mol. The zero-order valence-electron chi connectivity index (χ0n) is 15.7. The van der Waals surface area contributed by atoms with Crippen LogP contribution in [0.15, 0.2) is 23.2 Å². The molecule has 2 aromatic heterocycles. The molecule has 1 amide bonds. The summed E-state index contributed by atoms with van der Waals surface area (Å²) in [4.78, 5) is 16.6. The molecule has 148 valence electrons. The normalized spacial score (nSPS) is 21.6. The molecule has 2 atom stereocenters. The predicted molar refractivity (Wildman–Crippen MR) is 101 cm³/mol. The van der Waals surface area contributed by atoms with Gasteiger partial charge in [0.25, 0.3) is 5.91 Å².